The van der Waals surface area contributed by atoms with Crippen LogP contribution in [0, 0.1) is 6.92 Å². The fourth-order valence-electron chi connectivity index (χ4n) is 1.55. The van der Waals surface area contributed by atoms with Crippen molar-refractivity contribution in [3.63, 3.8) is 0 Å². The molecule has 1 rings (SSSR count). The van der Waals surface area contributed by atoms with Crippen LogP contribution in [0.15, 0.2) is 23.2 Å². The van der Waals surface area contributed by atoms with Crippen molar-refractivity contribution in [2.75, 3.05) is 0 Å². The van der Waals surface area contributed by atoms with Crippen LogP contribution in [0.4, 0.5) is 8.78 Å². The molecule has 0 N–H and O–H groups in total. The lowest BCUT2D eigenvalue weighted by molar-refractivity contribution is -0.0513. The third-order valence-electron chi connectivity index (χ3n) is 2.40. The van der Waals surface area contributed by atoms with Crippen molar-refractivity contribution in [3.05, 3.63) is 29.3 Å². The minimum Gasteiger partial charge on any atom is -0.434 e. The molecule has 0 atom stereocenters. The molecular weight excluding hydrogens is 228 g/mol. The summed E-state index contributed by atoms with van der Waals surface area (Å²) in [5.74, 6) is 0.0616. The van der Waals surface area contributed by atoms with E-state index in [0.717, 1.165) is 0 Å². The third-order valence-corrected chi connectivity index (χ3v) is 2.40. The number of aryl methyl sites for hydroxylation is 1. The molecule has 0 radical (unpaired) electrons. The summed E-state index contributed by atoms with van der Waals surface area (Å²) in [6.07, 6.45) is 1.44. The molecule has 0 heterocycles. The number of ether oxygens (including phenoxy) is 1. The second-order valence-corrected chi connectivity index (χ2v) is 4.09. The number of halogens is 2. The highest BCUT2D eigenvalue weighted by atomic mass is 19.3. The van der Waals surface area contributed by atoms with Crippen LogP contribution in [-0.2, 0) is 10.3 Å². The van der Waals surface area contributed by atoms with E-state index in [2.05, 4.69) is 9.73 Å². The number of aliphatic imine (C=N–C) groups is 1. The Balaban J connectivity index is 3.32. The van der Waals surface area contributed by atoms with Crippen molar-refractivity contribution in [2.45, 2.75) is 32.9 Å². The highest BCUT2D eigenvalue weighted by Crippen LogP contribution is 2.35. The highest BCUT2D eigenvalue weighted by molar-refractivity contribution is 5.47. The summed E-state index contributed by atoms with van der Waals surface area (Å²) in [7, 11) is 0. The van der Waals surface area contributed by atoms with E-state index >= 15 is 0 Å². The van der Waals surface area contributed by atoms with Gasteiger partial charge in [0.25, 0.3) is 0 Å². The summed E-state index contributed by atoms with van der Waals surface area (Å²) >= 11 is 0. The lowest BCUT2D eigenvalue weighted by atomic mass is 9.92. The van der Waals surface area contributed by atoms with Crippen LogP contribution in [0.5, 0.6) is 5.75 Å². The van der Waals surface area contributed by atoms with Gasteiger partial charge in [0, 0.05) is 5.56 Å². The largest absolute Gasteiger partial charge is 0.434 e. The average molecular weight is 241 g/mol. The zero-order valence-electron chi connectivity index (χ0n) is 9.83. The SMILES string of the molecule is Cc1cccc(C(C)(C)N=C=O)c1OC(F)F. The zero-order chi connectivity index (χ0) is 13.1. The standard InChI is InChI=1S/C12H13F2NO2/c1-8-5-4-6-9(10(8)17-11(13)14)12(2,3)15-7-16/h4-6,11H,1-3H3. The number of hydrogen-bond acceptors (Lipinski definition) is 3. The van der Waals surface area contributed by atoms with Crippen LogP contribution in [0.1, 0.15) is 25.0 Å². The summed E-state index contributed by atoms with van der Waals surface area (Å²) in [4.78, 5) is 13.9. The molecule has 0 saturated heterocycles. The Bertz CT molecular complexity index is 452. The van der Waals surface area contributed by atoms with Crippen LogP contribution in [0.3, 0.4) is 0 Å². The number of nitrogens with zero attached hydrogens (tertiary/aromatic N) is 1. The lowest BCUT2D eigenvalue weighted by Gasteiger charge is -2.22. The maximum atomic E-state index is 12.3. The molecule has 3 nitrogen and oxygen atoms in total. The normalized spacial score (nSPS) is 11.2. The predicted molar refractivity (Wildman–Crippen MR) is 59.0 cm³/mol. The molecule has 0 aliphatic rings. The number of para-hydroxylation sites is 1. The monoisotopic (exact) mass is 241 g/mol. The molecule has 0 bridgehead atoms. The Morgan fingerprint density at radius 3 is 2.59 bits per heavy atom. The number of hydrogen-bond donors (Lipinski definition) is 0. The van der Waals surface area contributed by atoms with E-state index in [9.17, 15) is 13.6 Å². The smallest absolute Gasteiger partial charge is 0.387 e. The molecule has 0 spiro atoms. The highest BCUT2D eigenvalue weighted by Gasteiger charge is 2.26. The Labute approximate surface area is 98.1 Å². The van der Waals surface area contributed by atoms with Crippen LogP contribution in [0.2, 0.25) is 0 Å². The Hall–Kier alpha value is -1.74. The molecule has 0 unspecified atom stereocenters. The second-order valence-electron chi connectivity index (χ2n) is 4.09. The minimum atomic E-state index is -2.91. The molecule has 1 aromatic carbocycles. The molecular formula is C12H13F2NO2. The molecule has 0 amide bonds. The maximum Gasteiger partial charge on any atom is 0.387 e. The van der Waals surface area contributed by atoms with Crippen LogP contribution in [0.25, 0.3) is 0 Å². The van der Waals surface area contributed by atoms with Crippen molar-refractivity contribution in [3.8, 4) is 5.75 Å². The topological polar surface area (TPSA) is 38.7 Å². The molecule has 0 saturated carbocycles. The first kappa shape index (κ1) is 13.3. The molecule has 0 fully saturated rings. The number of isocyanates is 1. The number of benzene rings is 1. The molecule has 1 aromatic rings. The number of carbonyl (C=O) groups excluding carboxylic acids is 1. The summed E-state index contributed by atoms with van der Waals surface area (Å²) in [5, 5.41) is 0. The Morgan fingerprint density at radius 1 is 1.41 bits per heavy atom. The first-order chi connectivity index (χ1) is 7.88. The Morgan fingerprint density at radius 2 is 2.06 bits per heavy atom. The van der Waals surface area contributed by atoms with Gasteiger partial charge in [-0.05, 0) is 26.3 Å². The van der Waals surface area contributed by atoms with Gasteiger partial charge in [-0.3, -0.25) is 0 Å². The molecule has 0 aliphatic heterocycles. The first-order valence-electron chi connectivity index (χ1n) is 5.02. The molecule has 92 valence electrons. The van der Waals surface area contributed by atoms with Gasteiger partial charge in [-0.15, -0.1) is 0 Å². The molecule has 0 aliphatic carbocycles. The van der Waals surface area contributed by atoms with Crippen LogP contribution >= 0.6 is 0 Å². The van der Waals surface area contributed by atoms with Gasteiger partial charge in [-0.1, -0.05) is 18.2 Å². The lowest BCUT2D eigenvalue weighted by Crippen LogP contribution is -2.17. The Kier molecular flexibility index (Phi) is 3.97. The fraction of sp³-hybridized carbons (Fsp3) is 0.417. The van der Waals surface area contributed by atoms with Crippen LogP contribution in [-0.4, -0.2) is 12.7 Å². The van der Waals surface area contributed by atoms with E-state index in [1.807, 2.05) is 0 Å². The van der Waals surface area contributed by atoms with Gasteiger partial charge < -0.3 is 4.74 Å². The molecule has 17 heavy (non-hydrogen) atoms. The van der Waals surface area contributed by atoms with Gasteiger partial charge in [0.1, 0.15) is 5.75 Å². The second kappa shape index (κ2) is 5.06. The summed E-state index contributed by atoms with van der Waals surface area (Å²) < 4.78 is 29.1. The summed E-state index contributed by atoms with van der Waals surface area (Å²) in [6.45, 7) is 2.00. The first-order valence-corrected chi connectivity index (χ1v) is 5.02. The number of rotatable bonds is 4. The van der Waals surface area contributed by atoms with E-state index in [4.69, 9.17) is 0 Å². The van der Waals surface area contributed by atoms with Crippen LogP contribution < -0.4 is 4.74 Å². The van der Waals surface area contributed by atoms with Gasteiger partial charge in [-0.25, -0.2) is 4.79 Å². The maximum absolute atomic E-state index is 12.3. The van der Waals surface area contributed by atoms with E-state index in [-0.39, 0.29) is 5.75 Å². The average Bonchev–Trinajstić information content (AvgIpc) is 2.20. The van der Waals surface area contributed by atoms with Gasteiger partial charge in [0.2, 0.25) is 6.08 Å². The molecule has 0 aromatic heterocycles. The van der Waals surface area contributed by atoms with Gasteiger partial charge in [0.05, 0.1) is 5.54 Å². The van der Waals surface area contributed by atoms with E-state index in [1.165, 1.54) is 6.08 Å². The van der Waals surface area contributed by atoms with Crippen molar-refractivity contribution in [1.82, 2.24) is 0 Å². The summed E-state index contributed by atoms with van der Waals surface area (Å²) in [5.41, 5.74) is 0.0518. The summed E-state index contributed by atoms with van der Waals surface area (Å²) in [6, 6.07) is 4.96. The van der Waals surface area contributed by atoms with E-state index in [1.54, 1.807) is 39.0 Å². The van der Waals surface area contributed by atoms with E-state index in [0.29, 0.717) is 11.1 Å². The van der Waals surface area contributed by atoms with Gasteiger partial charge >= 0.3 is 6.61 Å². The minimum absolute atomic E-state index is 0.0616. The third kappa shape index (κ3) is 3.11. The van der Waals surface area contributed by atoms with Gasteiger partial charge in [-0.2, -0.15) is 13.8 Å². The predicted octanol–water partition coefficient (Wildman–Crippen LogP) is 3.17. The fourth-order valence-corrected chi connectivity index (χ4v) is 1.55. The zero-order valence-corrected chi connectivity index (χ0v) is 9.83. The van der Waals surface area contributed by atoms with Crippen molar-refractivity contribution >= 4 is 6.08 Å². The van der Waals surface area contributed by atoms with Gasteiger partial charge in [0.15, 0.2) is 0 Å². The van der Waals surface area contributed by atoms with Crippen molar-refractivity contribution in [2.24, 2.45) is 4.99 Å². The van der Waals surface area contributed by atoms with Crippen molar-refractivity contribution in [1.29, 1.82) is 0 Å². The van der Waals surface area contributed by atoms with Crippen molar-refractivity contribution < 1.29 is 18.3 Å². The van der Waals surface area contributed by atoms with E-state index < -0.39 is 12.2 Å². The number of alkyl halides is 2. The quantitative estimate of drug-likeness (QED) is 0.600. The molecule has 5 heteroatoms.